The van der Waals surface area contributed by atoms with Gasteiger partial charge in [0, 0.05) is 6.04 Å². The van der Waals surface area contributed by atoms with Gasteiger partial charge in [0.15, 0.2) is 0 Å². The van der Waals surface area contributed by atoms with E-state index < -0.39 is 5.97 Å². The van der Waals surface area contributed by atoms with Crippen molar-refractivity contribution in [2.24, 2.45) is 0 Å². The van der Waals surface area contributed by atoms with Crippen LogP contribution in [0.4, 0.5) is 0 Å². The summed E-state index contributed by atoms with van der Waals surface area (Å²) < 4.78 is 5.84. The topological polar surface area (TPSA) is 49.8 Å². The Bertz CT molecular complexity index is 676. The molecule has 4 heteroatoms. The van der Waals surface area contributed by atoms with E-state index in [1.807, 2.05) is 54.6 Å². The van der Waals surface area contributed by atoms with Gasteiger partial charge in [0.05, 0.1) is 6.42 Å². The molecule has 0 radical (unpaired) electrons. The Hall–Kier alpha value is -2.33. The maximum Gasteiger partial charge on any atom is 0.305 e. The lowest BCUT2D eigenvalue weighted by atomic mass is 10.0. The van der Waals surface area contributed by atoms with Crippen LogP contribution in [0.5, 0.6) is 5.75 Å². The Kier molecular flexibility index (Phi) is 6.67. The molecule has 138 valence electrons. The van der Waals surface area contributed by atoms with Crippen LogP contribution in [-0.4, -0.2) is 29.1 Å². The van der Waals surface area contributed by atoms with Crippen LogP contribution in [0, 0.1) is 0 Å². The van der Waals surface area contributed by atoms with Crippen molar-refractivity contribution >= 4 is 5.97 Å². The zero-order valence-corrected chi connectivity index (χ0v) is 15.1. The highest BCUT2D eigenvalue weighted by molar-refractivity contribution is 5.68. The average molecular weight is 353 g/mol. The van der Waals surface area contributed by atoms with Gasteiger partial charge < -0.3 is 9.84 Å². The molecular formula is C22H27NO3. The lowest BCUT2D eigenvalue weighted by Crippen LogP contribution is -2.31. The normalized spacial score (nSPS) is 16.6. The number of carbonyl (C=O) groups is 1. The van der Waals surface area contributed by atoms with E-state index >= 15 is 0 Å². The molecule has 0 spiro atoms. The van der Waals surface area contributed by atoms with E-state index in [1.54, 1.807) is 0 Å². The first-order chi connectivity index (χ1) is 12.7. The molecule has 0 amide bonds. The van der Waals surface area contributed by atoms with Crippen molar-refractivity contribution < 1.29 is 14.6 Å². The fraction of sp³-hybridized carbons (Fsp3) is 0.409. The minimum atomic E-state index is -0.747. The van der Waals surface area contributed by atoms with Crippen LogP contribution in [-0.2, 0) is 11.4 Å². The maximum atomic E-state index is 11.4. The fourth-order valence-corrected chi connectivity index (χ4v) is 3.56. The second kappa shape index (κ2) is 9.39. The monoisotopic (exact) mass is 353 g/mol. The van der Waals surface area contributed by atoms with Gasteiger partial charge in [0.1, 0.15) is 12.4 Å². The number of hydrogen-bond acceptors (Lipinski definition) is 3. The van der Waals surface area contributed by atoms with E-state index in [9.17, 15) is 9.90 Å². The summed E-state index contributed by atoms with van der Waals surface area (Å²) in [5.41, 5.74) is 2.19. The summed E-state index contributed by atoms with van der Waals surface area (Å²) in [6, 6.07) is 17.9. The first-order valence-corrected chi connectivity index (χ1v) is 9.45. The molecule has 1 aliphatic rings. The van der Waals surface area contributed by atoms with Crippen LogP contribution in [0.3, 0.4) is 0 Å². The number of ether oxygens (including phenoxy) is 1. The summed E-state index contributed by atoms with van der Waals surface area (Å²) in [4.78, 5) is 13.7. The average Bonchev–Trinajstić information content (AvgIpc) is 2.95. The van der Waals surface area contributed by atoms with Crippen molar-refractivity contribution in [2.75, 3.05) is 13.1 Å². The van der Waals surface area contributed by atoms with Gasteiger partial charge in [-0.3, -0.25) is 9.69 Å². The smallest absolute Gasteiger partial charge is 0.305 e. The predicted octanol–water partition coefficient (Wildman–Crippen LogP) is 4.66. The molecule has 1 saturated heterocycles. The van der Waals surface area contributed by atoms with Crippen LogP contribution in [0.15, 0.2) is 54.6 Å². The number of rotatable bonds is 7. The molecule has 26 heavy (non-hydrogen) atoms. The third-order valence-corrected chi connectivity index (χ3v) is 4.96. The van der Waals surface area contributed by atoms with Crippen molar-refractivity contribution in [1.82, 2.24) is 4.90 Å². The van der Waals surface area contributed by atoms with E-state index in [4.69, 9.17) is 4.74 Å². The van der Waals surface area contributed by atoms with Crippen molar-refractivity contribution in [3.8, 4) is 5.75 Å². The molecule has 0 aliphatic carbocycles. The molecule has 1 unspecified atom stereocenters. The zero-order valence-electron chi connectivity index (χ0n) is 15.1. The van der Waals surface area contributed by atoms with Gasteiger partial charge in [-0.25, -0.2) is 0 Å². The van der Waals surface area contributed by atoms with Gasteiger partial charge in [-0.1, -0.05) is 55.3 Å². The third kappa shape index (κ3) is 5.33. The van der Waals surface area contributed by atoms with Crippen molar-refractivity contribution in [3.63, 3.8) is 0 Å². The van der Waals surface area contributed by atoms with Crippen LogP contribution in [0.2, 0.25) is 0 Å². The summed E-state index contributed by atoms with van der Waals surface area (Å²) in [5.74, 6) is 0.0613. The Morgan fingerprint density at radius 2 is 1.62 bits per heavy atom. The van der Waals surface area contributed by atoms with Gasteiger partial charge >= 0.3 is 5.97 Å². The van der Waals surface area contributed by atoms with E-state index in [1.165, 1.54) is 12.8 Å². The molecule has 0 saturated carbocycles. The summed E-state index contributed by atoms with van der Waals surface area (Å²) in [6.45, 7) is 2.49. The molecule has 1 heterocycles. The minimum absolute atomic E-state index is 0.0613. The van der Waals surface area contributed by atoms with E-state index in [0.29, 0.717) is 6.61 Å². The second-order valence-corrected chi connectivity index (χ2v) is 6.91. The molecule has 0 bridgehead atoms. The molecule has 0 aromatic heterocycles. The first-order valence-electron chi connectivity index (χ1n) is 9.45. The molecule has 1 atom stereocenters. The van der Waals surface area contributed by atoms with Gasteiger partial charge in [0.2, 0.25) is 0 Å². The van der Waals surface area contributed by atoms with E-state index in [2.05, 4.69) is 4.90 Å². The first kappa shape index (κ1) is 18.5. The minimum Gasteiger partial charge on any atom is -0.489 e. The van der Waals surface area contributed by atoms with Crippen LogP contribution >= 0.6 is 0 Å². The number of hydrogen-bond donors (Lipinski definition) is 1. The lowest BCUT2D eigenvalue weighted by molar-refractivity contribution is -0.138. The van der Waals surface area contributed by atoms with Crippen LogP contribution < -0.4 is 4.74 Å². The summed E-state index contributed by atoms with van der Waals surface area (Å²) in [5, 5.41) is 9.36. The lowest BCUT2D eigenvalue weighted by Gasteiger charge is -2.30. The molecule has 1 N–H and O–H groups in total. The Morgan fingerprint density at radius 1 is 0.962 bits per heavy atom. The van der Waals surface area contributed by atoms with Crippen molar-refractivity contribution in [3.05, 3.63) is 65.7 Å². The highest BCUT2D eigenvalue weighted by Crippen LogP contribution is 2.28. The fourth-order valence-electron chi connectivity index (χ4n) is 3.56. The number of carboxylic acids is 1. The SMILES string of the molecule is O=C(O)CC(c1ccc(OCc2ccccc2)cc1)N1CCCCCC1. The second-order valence-electron chi connectivity index (χ2n) is 6.91. The maximum absolute atomic E-state index is 11.4. The quantitative estimate of drug-likeness (QED) is 0.787. The van der Waals surface area contributed by atoms with Gasteiger partial charge in [-0.2, -0.15) is 0 Å². The van der Waals surface area contributed by atoms with E-state index in [-0.39, 0.29) is 12.5 Å². The molecule has 1 fully saturated rings. The summed E-state index contributed by atoms with van der Waals surface area (Å²) in [7, 11) is 0. The van der Waals surface area contributed by atoms with Crippen molar-refractivity contribution in [1.29, 1.82) is 0 Å². The number of carboxylic acid groups (broad SMARTS) is 1. The van der Waals surface area contributed by atoms with Crippen LogP contribution in [0.1, 0.15) is 49.3 Å². The van der Waals surface area contributed by atoms with Crippen LogP contribution in [0.25, 0.3) is 0 Å². The zero-order chi connectivity index (χ0) is 18.2. The molecule has 3 rings (SSSR count). The summed E-state index contributed by atoms with van der Waals surface area (Å²) >= 11 is 0. The summed E-state index contributed by atoms with van der Waals surface area (Å²) in [6.07, 6.45) is 4.91. The van der Waals surface area contributed by atoms with E-state index in [0.717, 1.165) is 42.8 Å². The Balaban J connectivity index is 1.67. The van der Waals surface area contributed by atoms with Gasteiger partial charge in [0.25, 0.3) is 0 Å². The van der Waals surface area contributed by atoms with Gasteiger partial charge in [-0.05, 0) is 49.2 Å². The van der Waals surface area contributed by atoms with Crippen molar-refractivity contribution in [2.45, 2.75) is 44.8 Å². The molecule has 1 aliphatic heterocycles. The third-order valence-electron chi connectivity index (χ3n) is 4.96. The molecule has 2 aromatic carbocycles. The molecule has 2 aromatic rings. The molecular weight excluding hydrogens is 326 g/mol. The largest absolute Gasteiger partial charge is 0.489 e. The Labute approximate surface area is 155 Å². The number of likely N-dealkylation sites (tertiary alicyclic amines) is 1. The number of nitrogens with zero attached hydrogens (tertiary/aromatic N) is 1. The highest BCUT2D eigenvalue weighted by Gasteiger charge is 2.24. The Morgan fingerprint density at radius 3 is 2.23 bits per heavy atom. The number of aliphatic carboxylic acids is 1. The standard InChI is InChI=1S/C22H27NO3/c24-22(25)16-21(23-14-6-1-2-7-15-23)19-10-12-20(13-11-19)26-17-18-8-4-3-5-9-18/h3-5,8-13,21H,1-2,6-7,14-17H2,(H,24,25). The predicted molar refractivity (Wildman–Crippen MR) is 102 cm³/mol. The number of benzene rings is 2. The molecule has 4 nitrogen and oxygen atoms in total. The van der Waals surface area contributed by atoms with Gasteiger partial charge in [-0.15, -0.1) is 0 Å². The highest BCUT2D eigenvalue weighted by atomic mass is 16.5.